The van der Waals surface area contributed by atoms with Crippen molar-refractivity contribution < 1.29 is 35.9 Å². The number of aliphatic hydroxyl groups is 1. The quantitative estimate of drug-likeness (QED) is 0.671. The highest BCUT2D eigenvalue weighted by Gasteiger charge is 2.47. The van der Waals surface area contributed by atoms with Crippen molar-refractivity contribution in [3.63, 3.8) is 0 Å². The number of carbonyl (C=O) groups is 1. The molecule has 2 heterocycles. The monoisotopic (exact) mass is 460 g/mol. The summed E-state index contributed by atoms with van der Waals surface area (Å²) >= 11 is 0. The van der Waals surface area contributed by atoms with Gasteiger partial charge in [0.1, 0.15) is 0 Å². The molecule has 0 bridgehead atoms. The van der Waals surface area contributed by atoms with Crippen LogP contribution in [0.3, 0.4) is 0 Å². The van der Waals surface area contributed by atoms with Crippen molar-refractivity contribution in [3.8, 4) is 0 Å². The molecule has 4 unspecified atom stereocenters. The highest BCUT2D eigenvalue weighted by atomic mass is 32.2. The lowest BCUT2D eigenvalue weighted by molar-refractivity contribution is -0.191. The lowest BCUT2D eigenvalue weighted by atomic mass is 9.77. The average molecular weight is 460 g/mol. The van der Waals surface area contributed by atoms with Gasteiger partial charge in [-0.15, -0.1) is 0 Å². The van der Waals surface area contributed by atoms with Crippen molar-refractivity contribution in [2.75, 3.05) is 20.2 Å². The van der Waals surface area contributed by atoms with Crippen molar-refractivity contribution in [1.82, 2.24) is 10.2 Å². The predicted molar refractivity (Wildman–Crippen MR) is 104 cm³/mol. The van der Waals surface area contributed by atoms with Crippen molar-refractivity contribution in [2.24, 2.45) is 5.92 Å². The van der Waals surface area contributed by atoms with E-state index in [0.717, 1.165) is 0 Å². The minimum Gasteiger partial charge on any atom is -0.394 e. The Balaban J connectivity index is 1.67. The second-order valence-electron chi connectivity index (χ2n) is 8.00. The first-order valence-electron chi connectivity index (χ1n) is 9.57. The van der Waals surface area contributed by atoms with Crippen molar-refractivity contribution in [2.45, 2.75) is 35.7 Å². The Morgan fingerprint density at radius 1 is 1.35 bits per heavy atom. The Hall–Kier alpha value is -2.24. The van der Waals surface area contributed by atoms with E-state index < -0.39 is 46.7 Å². The van der Waals surface area contributed by atoms with E-state index >= 15 is 0 Å². The molecule has 1 aromatic rings. The van der Waals surface area contributed by atoms with Crippen LogP contribution >= 0.6 is 0 Å². The van der Waals surface area contributed by atoms with Gasteiger partial charge in [-0.1, -0.05) is 18.2 Å². The maximum atomic E-state index is 13.6. The number of alkyl halides is 4. The van der Waals surface area contributed by atoms with Gasteiger partial charge in [0.25, 0.3) is 0 Å². The molecule has 4 atom stereocenters. The van der Waals surface area contributed by atoms with Crippen LogP contribution in [0.2, 0.25) is 0 Å². The van der Waals surface area contributed by atoms with Gasteiger partial charge in [0.15, 0.2) is 0 Å². The molecule has 6 nitrogen and oxygen atoms in total. The molecule has 0 radical (unpaired) electrons. The first-order chi connectivity index (χ1) is 14.4. The topological polar surface area (TPSA) is 86.7 Å². The SMILES string of the molecule is CN1CC(C(=O)NC(CO)C(F)C(F)(F)F)C=C2c3cccc4c3C(=CS4(=O)=O)CC21. The molecule has 4 rings (SSSR count). The Morgan fingerprint density at radius 3 is 2.71 bits per heavy atom. The molecule has 3 aliphatic rings. The number of sulfone groups is 1. The minimum atomic E-state index is -5.21. The van der Waals surface area contributed by atoms with Crippen LogP contribution in [0, 0.1) is 5.92 Å². The first-order valence-corrected chi connectivity index (χ1v) is 11.1. The zero-order valence-corrected chi connectivity index (χ0v) is 17.2. The average Bonchev–Trinajstić information content (AvgIpc) is 2.96. The Bertz CT molecular complexity index is 1100. The molecule has 2 aliphatic heterocycles. The number of nitrogens with one attached hydrogen (secondary N) is 1. The molecule has 0 saturated carbocycles. The molecule has 168 valence electrons. The van der Waals surface area contributed by atoms with Crippen molar-refractivity contribution in [1.29, 1.82) is 0 Å². The minimum absolute atomic E-state index is 0.149. The number of benzene rings is 1. The van der Waals surface area contributed by atoms with Gasteiger partial charge in [-0.25, -0.2) is 12.8 Å². The van der Waals surface area contributed by atoms with Crippen LogP contribution in [0.1, 0.15) is 17.5 Å². The highest BCUT2D eigenvalue weighted by molar-refractivity contribution is 7.95. The molecule has 0 fully saturated rings. The van der Waals surface area contributed by atoms with E-state index in [2.05, 4.69) is 0 Å². The van der Waals surface area contributed by atoms with E-state index in [-0.39, 0.29) is 17.5 Å². The fourth-order valence-electron chi connectivity index (χ4n) is 4.49. The van der Waals surface area contributed by atoms with Crippen molar-refractivity contribution in [3.05, 3.63) is 40.8 Å². The third kappa shape index (κ3) is 3.68. The summed E-state index contributed by atoms with van der Waals surface area (Å²) in [6, 6.07) is 2.55. The van der Waals surface area contributed by atoms with Crippen LogP contribution in [0.25, 0.3) is 11.1 Å². The third-order valence-electron chi connectivity index (χ3n) is 5.96. The van der Waals surface area contributed by atoms with Crippen LogP contribution in [-0.2, 0) is 14.6 Å². The Kier molecular flexibility index (Phi) is 5.26. The van der Waals surface area contributed by atoms with Gasteiger partial charge >= 0.3 is 6.18 Å². The molecule has 31 heavy (non-hydrogen) atoms. The second-order valence-corrected chi connectivity index (χ2v) is 9.76. The maximum Gasteiger partial charge on any atom is 0.421 e. The summed E-state index contributed by atoms with van der Waals surface area (Å²) in [5.41, 5.74) is 2.64. The summed E-state index contributed by atoms with van der Waals surface area (Å²) in [5, 5.41) is 12.4. The van der Waals surface area contributed by atoms with Gasteiger partial charge < -0.3 is 10.4 Å². The summed E-state index contributed by atoms with van der Waals surface area (Å²) < 4.78 is 76.5. The summed E-state index contributed by atoms with van der Waals surface area (Å²) in [7, 11) is -1.82. The molecule has 1 aliphatic carbocycles. The lowest BCUT2D eigenvalue weighted by Gasteiger charge is -2.40. The number of halogens is 4. The highest BCUT2D eigenvalue weighted by Crippen LogP contribution is 2.48. The molecule has 0 saturated heterocycles. The van der Waals surface area contributed by atoms with Crippen LogP contribution in [0.15, 0.2) is 34.6 Å². The van der Waals surface area contributed by atoms with Gasteiger partial charge in [0.2, 0.25) is 21.9 Å². The third-order valence-corrected chi connectivity index (χ3v) is 7.51. The Labute approximate surface area is 176 Å². The van der Waals surface area contributed by atoms with Crippen LogP contribution in [0.5, 0.6) is 0 Å². The number of likely N-dealkylation sites (N-methyl/N-ethyl adjacent to an activating group) is 1. The molecule has 2 N–H and O–H groups in total. The van der Waals surface area contributed by atoms with E-state index in [0.29, 0.717) is 28.7 Å². The summed E-state index contributed by atoms with van der Waals surface area (Å²) in [4.78, 5) is 14.7. The van der Waals surface area contributed by atoms with Gasteiger partial charge in [-0.3, -0.25) is 9.69 Å². The zero-order chi connectivity index (χ0) is 22.7. The van der Waals surface area contributed by atoms with E-state index in [1.54, 1.807) is 25.3 Å². The largest absolute Gasteiger partial charge is 0.421 e. The number of hydrogen-bond donors (Lipinski definition) is 2. The second kappa shape index (κ2) is 7.42. The molecule has 0 spiro atoms. The van der Waals surface area contributed by atoms with Crippen LogP contribution < -0.4 is 5.32 Å². The molecule has 11 heteroatoms. The number of nitrogens with zero attached hydrogens (tertiary/aromatic N) is 1. The predicted octanol–water partition coefficient (Wildman–Crippen LogP) is 1.91. The molecule has 1 amide bonds. The van der Waals surface area contributed by atoms with E-state index in [9.17, 15) is 30.8 Å². The van der Waals surface area contributed by atoms with Gasteiger partial charge in [-0.2, -0.15) is 13.2 Å². The maximum absolute atomic E-state index is 13.6. The van der Waals surface area contributed by atoms with E-state index in [1.807, 2.05) is 10.2 Å². The van der Waals surface area contributed by atoms with Gasteiger partial charge in [-0.05, 0) is 36.2 Å². The molecule has 1 aromatic carbocycles. The summed E-state index contributed by atoms with van der Waals surface area (Å²) in [6.45, 7) is -1.05. The zero-order valence-electron chi connectivity index (χ0n) is 16.4. The van der Waals surface area contributed by atoms with Crippen LogP contribution in [0.4, 0.5) is 17.6 Å². The number of fused-ring (bicyclic) bond motifs is 2. The number of hydrogen-bond acceptors (Lipinski definition) is 5. The Morgan fingerprint density at radius 2 is 2.06 bits per heavy atom. The summed E-state index contributed by atoms with van der Waals surface area (Å²) in [6.07, 6.45) is -6.59. The number of carbonyl (C=O) groups excluding carboxylic acids is 1. The first kappa shape index (κ1) is 22.0. The van der Waals surface area contributed by atoms with Gasteiger partial charge in [0.05, 0.1) is 23.5 Å². The van der Waals surface area contributed by atoms with Crippen molar-refractivity contribution >= 4 is 26.9 Å². The lowest BCUT2D eigenvalue weighted by Crippen LogP contribution is -2.53. The standard InChI is InChI=1S/C20H20F4N2O4S/c1-26-7-10(19(28)25-14(8-27)18(21)20(22,23)24)5-13-12-3-2-4-16-17(12)11(6-15(13)26)9-31(16,29)30/h2-5,9-10,14-15,18,27H,6-8H2,1H3,(H,25,28). The number of rotatable bonds is 4. The smallest absolute Gasteiger partial charge is 0.394 e. The number of amides is 1. The fourth-order valence-corrected chi connectivity index (χ4v) is 6.00. The summed E-state index contributed by atoms with van der Waals surface area (Å²) in [5.74, 6) is -1.74. The van der Waals surface area contributed by atoms with Gasteiger partial charge in [0, 0.05) is 23.6 Å². The molecule has 0 aromatic heterocycles. The molecular weight excluding hydrogens is 440 g/mol. The fraction of sp³-hybridized carbons (Fsp3) is 0.450. The number of aliphatic hydroxyl groups excluding tert-OH is 1. The molecular formula is C20H20F4N2O4S. The van der Waals surface area contributed by atoms with E-state index in [4.69, 9.17) is 5.11 Å². The van der Waals surface area contributed by atoms with E-state index in [1.165, 1.54) is 11.5 Å². The van der Waals surface area contributed by atoms with Crippen LogP contribution in [-0.4, -0.2) is 69.0 Å². The normalized spacial score (nSPS) is 26.3.